The predicted octanol–water partition coefficient (Wildman–Crippen LogP) is 2.98. The molecule has 0 unspecified atom stereocenters. The molecule has 0 radical (unpaired) electrons. The fourth-order valence-electron chi connectivity index (χ4n) is 1.51. The predicted molar refractivity (Wildman–Crippen MR) is 65.0 cm³/mol. The molecule has 1 aromatic heterocycles. The Kier molecular flexibility index (Phi) is 6.01. The van der Waals surface area contributed by atoms with Gasteiger partial charge >= 0.3 is 0 Å². The lowest BCUT2D eigenvalue weighted by Crippen LogP contribution is -2.24. The molecule has 1 aromatic rings. The Morgan fingerprint density at radius 3 is 2.94 bits per heavy atom. The van der Waals surface area contributed by atoms with Gasteiger partial charge in [0, 0.05) is 18.8 Å². The third kappa shape index (κ3) is 3.89. The zero-order valence-electron chi connectivity index (χ0n) is 9.59. The maximum absolute atomic E-state index is 11.7. The molecular weight excluding hydrogens is 226 g/mol. The number of carbonyl (C=O) groups is 1. The molecule has 0 fully saturated rings. The molecule has 0 bridgehead atoms. The summed E-state index contributed by atoms with van der Waals surface area (Å²) in [6.45, 7) is 2.67. The minimum absolute atomic E-state index is 0.0449. The quantitative estimate of drug-likeness (QED) is 0.591. The number of amides is 1. The summed E-state index contributed by atoms with van der Waals surface area (Å²) >= 11 is 5.56. The number of nitrogens with one attached hydrogen (secondary N) is 1. The van der Waals surface area contributed by atoms with Crippen molar-refractivity contribution in [3.05, 3.63) is 23.7 Å². The monoisotopic (exact) mass is 243 g/mol. The number of hydrogen-bond acceptors (Lipinski definition) is 2. The number of halogens is 1. The van der Waals surface area contributed by atoms with Crippen LogP contribution in [0.25, 0.3) is 0 Å². The zero-order valence-corrected chi connectivity index (χ0v) is 10.3. The maximum Gasteiger partial charge on any atom is 0.254 e. The number of rotatable bonds is 7. The minimum Gasteiger partial charge on any atom is -0.469 e. The second kappa shape index (κ2) is 7.34. The molecule has 0 atom stereocenters. The SMILES string of the molecule is CCc1occc1C(=O)NCCCCCCl. The van der Waals surface area contributed by atoms with Crippen LogP contribution in [0, 0.1) is 0 Å². The Bertz CT molecular complexity index is 323. The second-order valence-electron chi connectivity index (χ2n) is 3.62. The number of furan rings is 1. The third-order valence-electron chi connectivity index (χ3n) is 2.41. The molecule has 4 heteroatoms. The second-order valence-corrected chi connectivity index (χ2v) is 3.99. The average molecular weight is 244 g/mol. The Balaban J connectivity index is 2.30. The van der Waals surface area contributed by atoms with Gasteiger partial charge in [-0.05, 0) is 18.9 Å². The van der Waals surface area contributed by atoms with E-state index in [9.17, 15) is 4.79 Å². The van der Waals surface area contributed by atoms with Crippen LogP contribution in [0.5, 0.6) is 0 Å². The van der Waals surface area contributed by atoms with Gasteiger partial charge in [0.2, 0.25) is 0 Å². The molecule has 1 amide bonds. The van der Waals surface area contributed by atoms with Crippen molar-refractivity contribution in [2.24, 2.45) is 0 Å². The molecule has 1 rings (SSSR count). The number of unbranched alkanes of at least 4 members (excludes halogenated alkanes) is 2. The first-order valence-corrected chi connectivity index (χ1v) is 6.23. The van der Waals surface area contributed by atoms with Crippen LogP contribution in [0.2, 0.25) is 0 Å². The maximum atomic E-state index is 11.7. The fourth-order valence-corrected chi connectivity index (χ4v) is 1.70. The van der Waals surface area contributed by atoms with Crippen LogP contribution in [0.15, 0.2) is 16.7 Å². The van der Waals surface area contributed by atoms with E-state index < -0.39 is 0 Å². The summed E-state index contributed by atoms with van der Waals surface area (Å²) in [5.74, 6) is 1.39. The molecule has 1 heterocycles. The van der Waals surface area contributed by atoms with Gasteiger partial charge in [0.15, 0.2) is 0 Å². The number of aryl methyl sites for hydroxylation is 1. The number of hydrogen-bond donors (Lipinski definition) is 1. The first-order valence-electron chi connectivity index (χ1n) is 5.70. The van der Waals surface area contributed by atoms with Crippen LogP contribution in [0.3, 0.4) is 0 Å². The van der Waals surface area contributed by atoms with E-state index in [4.69, 9.17) is 16.0 Å². The minimum atomic E-state index is -0.0449. The fraction of sp³-hybridized carbons (Fsp3) is 0.583. The molecule has 90 valence electrons. The van der Waals surface area contributed by atoms with Crippen molar-refractivity contribution in [3.8, 4) is 0 Å². The van der Waals surface area contributed by atoms with E-state index in [1.54, 1.807) is 12.3 Å². The van der Waals surface area contributed by atoms with Crippen molar-refractivity contribution < 1.29 is 9.21 Å². The van der Waals surface area contributed by atoms with Gasteiger partial charge < -0.3 is 9.73 Å². The lowest BCUT2D eigenvalue weighted by Gasteiger charge is -2.04. The molecule has 0 aliphatic rings. The van der Waals surface area contributed by atoms with Crippen LogP contribution >= 0.6 is 11.6 Å². The Hall–Kier alpha value is -0.960. The molecule has 0 aliphatic heterocycles. The summed E-state index contributed by atoms with van der Waals surface area (Å²) in [5, 5.41) is 2.88. The number of carbonyl (C=O) groups excluding carboxylic acids is 1. The van der Waals surface area contributed by atoms with E-state index in [-0.39, 0.29) is 5.91 Å². The van der Waals surface area contributed by atoms with E-state index in [0.29, 0.717) is 18.0 Å². The van der Waals surface area contributed by atoms with Crippen molar-refractivity contribution in [2.45, 2.75) is 32.6 Å². The van der Waals surface area contributed by atoms with Gasteiger partial charge in [0.05, 0.1) is 11.8 Å². The standard InChI is InChI=1S/C12H18ClNO2/c1-2-11-10(6-9-16-11)12(15)14-8-5-3-4-7-13/h6,9H,2-5,7-8H2,1H3,(H,14,15). The van der Waals surface area contributed by atoms with Gasteiger partial charge in [0.25, 0.3) is 5.91 Å². The van der Waals surface area contributed by atoms with Crippen LogP contribution in [-0.4, -0.2) is 18.3 Å². The Morgan fingerprint density at radius 2 is 2.25 bits per heavy atom. The van der Waals surface area contributed by atoms with Gasteiger partial charge in [-0.25, -0.2) is 0 Å². The van der Waals surface area contributed by atoms with E-state index in [0.717, 1.165) is 31.4 Å². The third-order valence-corrected chi connectivity index (χ3v) is 2.67. The highest BCUT2D eigenvalue weighted by Gasteiger charge is 2.11. The summed E-state index contributed by atoms with van der Waals surface area (Å²) in [7, 11) is 0. The molecule has 1 N–H and O–H groups in total. The summed E-state index contributed by atoms with van der Waals surface area (Å²) < 4.78 is 5.20. The van der Waals surface area contributed by atoms with Crippen LogP contribution in [0.4, 0.5) is 0 Å². The molecule has 16 heavy (non-hydrogen) atoms. The summed E-state index contributed by atoms with van der Waals surface area (Å²) in [6, 6.07) is 1.72. The van der Waals surface area contributed by atoms with Crippen molar-refractivity contribution in [1.29, 1.82) is 0 Å². The molecule has 3 nitrogen and oxygen atoms in total. The zero-order chi connectivity index (χ0) is 11.8. The van der Waals surface area contributed by atoms with Gasteiger partial charge in [-0.3, -0.25) is 4.79 Å². The Labute approximate surface area is 101 Å². The van der Waals surface area contributed by atoms with E-state index in [1.165, 1.54) is 0 Å². The molecule has 0 aromatic carbocycles. The lowest BCUT2D eigenvalue weighted by atomic mass is 10.2. The summed E-state index contributed by atoms with van der Waals surface area (Å²) in [4.78, 5) is 11.7. The van der Waals surface area contributed by atoms with E-state index >= 15 is 0 Å². The van der Waals surface area contributed by atoms with E-state index in [1.807, 2.05) is 6.92 Å². The van der Waals surface area contributed by atoms with E-state index in [2.05, 4.69) is 5.32 Å². The highest BCUT2D eigenvalue weighted by Crippen LogP contribution is 2.10. The summed E-state index contributed by atoms with van der Waals surface area (Å²) in [5.41, 5.74) is 0.653. The lowest BCUT2D eigenvalue weighted by molar-refractivity contribution is 0.0951. The molecule has 0 saturated carbocycles. The summed E-state index contributed by atoms with van der Waals surface area (Å²) in [6.07, 6.45) is 5.32. The van der Waals surface area contributed by atoms with Crippen LogP contribution in [0.1, 0.15) is 42.3 Å². The van der Waals surface area contributed by atoms with Gasteiger partial charge in [-0.2, -0.15) is 0 Å². The topological polar surface area (TPSA) is 42.2 Å². The molecule has 0 saturated heterocycles. The molecule has 0 spiro atoms. The van der Waals surface area contributed by atoms with Gasteiger partial charge in [0.1, 0.15) is 5.76 Å². The Morgan fingerprint density at radius 1 is 1.44 bits per heavy atom. The van der Waals surface area contributed by atoms with Crippen molar-refractivity contribution in [3.63, 3.8) is 0 Å². The van der Waals surface area contributed by atoms with Crippen molar-refractivity contribution in [1.82, 2.24) is 5.32 Å². The smallest absolute Gasteiger partial charge is 0.254 e. The molecule has 0 aliphatic carbocycles. The first kappa shape index (κ1) is 13.1. The highest BCUT2D eigenvalue weighted by atomic mass is 35.5. The van der Waals surface area contributed by atoms with Crippen LogP contribution < -0.4 is 5.32 Å². The first-order chi connectivity index (χ1) is 7.79. The largest absolute Gasteiger partial charge is 0.469 e. The average Bonchev–Trinajstić information content (AvgIpc) is 2.76. The normalized spacial score (nSPS) is 10.4. The van der Waals surface area contributed by atoms with Crippen molar-refractivity contribution in [2.75, 3.05) is 12.4 Å². The van der Waals surface area contributed by atoms with Gasteiger partial charge in [-0.1, -0.05) is 13.3 Å². The number of alkyl halides is 1. The van der Waals surface area contributed by atoms with Gasteiger partial charge in [-0.15, -0.1) is 11.6 Å². The highest BCUT2D eigenvalue weighted by molar-refractivity contribution is 6.17. The van der Waals surface area contributed by atoms with Crippen molar-refractivity contribution >= 4 is 17.5 Å². The molecular formula is C12H18ClNO2. The van der Waals surface area contributed by atoms with Crippen LogP contribution in [-0.2, 0) is 6.42 Å².